The summed E-state index contributed by atoms with van der Waals surface area (Å²) >= 11 is 1.37. The van der Waals surface area contributed by atoms with Gasteiger partial charge in [0.2, 0.25) is 0 Å². The SMILES string of the molecule is CC(C)(CN1CCOCC1)Nc1nc(C(F)(F)F)ccc1-c1ccc2sc(N)nc2c1. The molecule has 3 N–H and O–H groups in total. The van der Waals surface area contributed by atoms with Gasteiger partial charge in [-0.3, -0.25) is 4.90 Å². The third kappa shape index (κ3) is 5.08. The summed E-state index contributed by atoms with van der Waals surface area (Å²) in [5, 5.41) is 3.71. The van der Waals surface area contributed by atoms with Gasteiger partial charge in [-0.1, -0.05) is 17.4 Å². The number of nitrogens with two attached hydrogens (primary N) is 1. The third-order valence-corrected chi connectivity index (χ3v) is 5.95. The Morgan fingerprint density at radius 2 is 1.87 bits per heavy atom. The van der Waals surface area contributed by atoms with Gasteiger partial charge in [0.15, 0.2) is 5.13 Å². The third-order valence-electron chi connectivity index (χ3n) is 5.08. The van der Waals surface area contributed by atoms with Crippen LogP contribution in [0, 0.1) is 0 Å². The Hall–Kier alpha value is -2.43. The highest BCUT2D eigenvalue weighted by Gasteiger charge is 2.34. The molecule has 10 heteroatoms. The van der Waals surface area contributed by atoms with Crippen LogP contribution in [0.25, 0.3) is 21.3 Å². The lowest BCUT2D eigenvalue weighted by molar-refractivity contribution is -0.141. The van der Waals surface area contributed by atoms with Crippen molar-refractivity contribution in [3.05, 3.63) is 36.0 Å². The van der Waals surface area contributed by atoms with E-state index in [0.717, 1.165) is 29.4 Å². The van der Waals surface area contributed by atoms with Crippen LogP contribution in [0.15, 0.2) is 30.3 Å². The molecule has 0 bridgehead atoms. The molecule has 2 aromatic heterocycles. The summed E-state index contributed by atoms with van der Waals surface area (Å²) in [4.78, 5) is 10.5. The van der Waals surface area contributed by atoms with Crippen molar-refractivity contribution in [3.8, 4) is 11.1 Å². The van der Waals surface area contributed by atoms with Gasteiger partial charge in [0.05, 0.1) is 23.4 Å². The maximum Gasteiger partial charge on any atom is 0.433 e. The number of nitrogen functional groups attached to an aromatic ring is 1. The van der Waals surface area contributed by atoms with Crippen LogP contribution >= 0.6 is 11.3 Å². The first-order chi connectivity index (χ1) is 14.6. The molecule has 31 heavy (non-hydrogen) atoms. The predicted octanol–water partition coefficient (Wildman–Crippen LogP) is 4.48. The molecule has 1 fully saturated rings. The van der Waals surface area contributed by atoms with E-state index in [1.807, 2.05) is 32.0 Å². The highest BCUT2D eigenvalue weighted by Crippen LogP contribution is 2.36. The van der Waals surface area contributed by atoms with Crippen molar-refractivity contribution >= 4 is 32.5 Å². The minimum absolute atomic E-state index is 0.190. The Morgan fingerprint density at radius 3 is 2.58 bits per heavy atom. The molecule has 3 heterocycles. The van der Waals surface area contributed by atoms with Crippen LogP contribution < -0.4 is 11.1 Å². The number of nitrogens with zero attached hydrogens (tertiary/aromatic N) is 3. The fourth-order valence-corrected chi connectivity index (χ4v) is 4.45. The van der Waals surface area contributed by atoms with E-state index in [4.69, 9.17) is 10.5 Å². The van der Waals surface area contributed by atoms with Gasteiger partial charge in [0.1, 0.15) is 11.5 Å². The van der Waals surface area contributed by atoms with E-state index in [1.54, 1.807) is 0 Å². The summed E-state index contributed by atoms with van der Waals surface area (Å²) < 4.78 is 46.5. The number of benzene rings is 1. The number of anilines is 2. The monoisotopic (exact) mass is 451 g/mol. The molecule has 4 rings (SSSR count). The lowest BCUT2D eigenvalue weighted by Gasteiger charge is -2.36. The van der Waals surface area contributed by atoms with E-state index in [1.165, 1.54) is 17.4 Å². The number of rotatable bonds is 5. The molecule has 1 aliphatic heterocycles. The molecule has 166 valence electrons. The van der Waals surface area contributed by atoms with Crippen molar-refractivity contribution in [2.75, 3.05) is 43.9 Å². The molecule has 0 saturated carbocycles. The summed E-state index contributed by atoms with van der Waals surface area (Å²) in [6.45, 7) is 7.44. The molecule has 0 radical (unpaired) electrons. The molecular formula is C21H24F3N5OS. The Balaban J connectivity index is 1.70. The van der Waals surface area contributed by atoms with Gasteiger partial charge in [0, 0.05) is 30.7 Å². The molecule has 3 aromatic rings. The number of halogens is 3. The Bertz CT molecular complexity index is 1080. The van der Waals surface area contributed by atoms with Crippen LogP contribution in [0.2, 0.25) is 0 Å². The first kappa shape index (κ1) is 21.8. The highest BCUT2D eigenvalue weighted by molar-refractivity contribution is 7.22. The average Bonchev–Trinajstić information content (AvgIpc) is 3.06. The van der Waals surface area contributed by atoms with Crippen molar-refractivity contribution in [2.45, 2.75) is 25.6 Å². The Morgan fingerprint density at radius 1 is 1.13 bits per heavy atom. The quantitative estimate of drug-likeness (QED) is 0.596. The molecule has 0 atom stereocenters. The summed E-state index contributed by atoms with van der Waals surface area (Å²) in [7, 11) is 0. The molecule has 0 aliphatic carbocycles. The second kappa shape index (κ2) is 8.25. The minimum Gasteiger partial charge on any atom is -0.379 e. The van der Waals surface area contributed by atoms with E-state index >= 15 is 0 Å². The molecule has 1 saturated heterocycles. The molecule has 0 amide bonds. The second-order valence-electron chi connectivity index (χ2n) is 8.22. The van der Waals surface area contributed by atoms with Crippen molar-refractivity contribution in [1.29, 1.82) is 0 Å². The van der Waals surface area contributed by atoms with Gasteiger partial charge in [-0.2, -0.15) is 13.2 Å². The fraction of sp³-hybridized carbons (Fsp3) is 0.429. The molecule has 1 aromatic carbocycles. The lowest BCUT2D eigenvalue weighted by atomic mass is 10.0. The van der Waals surface area contributed by atoms with Gasteiger partial charge in [-0.25, -0.2) is 9.97 Å². The number of hydrogen-bond acceptors (Lipinski definition) is 7. The van der Waals surface area contributed by atoms with Crippen molar-refractivity contribution in [3.63, 3.8) is 0 Å². The van der Waals surface area contributed by atoms with E-state index in [9.17, 15) is 13.2 Å². The molecular weight excluding hydrogens is 427 g/mol. The first-order valence-corrected chi connectivity index (χ1v) is 10.8. The molecule has 0 unspecified atom stereocenters. The number of alkyl halides is 3. The van der Waals surface area contributed by atoms with E-state index in [-0.39, 0.29) is 5.82 Å². The number of aromatic nitrogens is 2. The van der Waals surface area contributed by atoms with Crippen LogP contribution in [-0.4, -0.2) is 53.3 Å². The van der Waals surface area contributed by atoms with E-state index < -0.39 is 17.4 Å². The van der Waals surface area contributed by atoms with Gasteiger partial charge in [-0.15, -0.1) is 0 Å². The minimum atomic E-state index is -4.53. The second-order valence-corrected chi connectivity index (χ2v) is 9.28. The number of fused-ring (bicyclic) bond motifs is 1. The lowest BCUT2D eigenvalue weighted by Crippen LogP contribution is -2.48. The van der Waals surface area contributed by atoms with Gasteiger partial charge in [0.25, 0.3) is 0 Å². The summed E-state index contributed by atoms with van der Waals surface area (Å²) in [5.74, 6) is 0.190. The van der Waals surface area contributed by atoms with Gasteiger partial charge >= 0.3 is 6.18 Å². The van der Waals surface area contributed by atoms with Gasteiger partial charge < -0.3 is 15.8 Å². The maximum atomic E-state index is 13.4. The van der Waals surface area contributed by atoms with Crippen LogP contribution in [0.3, 0.4) is 0 Å². The number of morpholine rings is 1. The number of hydrogen-bond donors (Lipinski definition) is 2. The molecule has 6 nitrogen and oxygen atoms in total. The topological polar surface area (TPSA) is 76.3 Å². The maximum absolute atomic E-state index is 13.4. The Kier molecular flexibility index (Phi) is 5.80. The molecule has 0 spiro atoms. The van der Waals surface area contributed by atoms with Crippen LogP contribution in [0.4, 0.5) is 24.1 Å². The standard InChI is InChI=1S/C21H24F3N5OS/c1-20(2,12-29-7-9-30-10-8-29)28-18-14(4-6-17(27-18)21(22,23)24)13-3-5-16-15(11-13)26-19(25)31-16/h3-6,11H,7-10,12H2,1-2H3,(H2,25,26)(H,27,28). The summed E-state index contributed by atoms with van der Waals surface area (Å²) in [5.41, 5.74) is 6.36. The highest BCUT2D eigenvalue weighted by atomic mass is 32.1. The van der Waals surface area contributed by atoms with Crippen LogP contribution in [-0.2, 0) is 10.9 Å². The fourth-order valence-electron chi connectivity index (χ4n) is 3.74. The van der Waals surface area contributed by atoms with Gasteiger partial charge in [-0.05, 0) is 43.7 Å². The smallest absolute Gasteiger partial charge is 0.379 e. The Labute approximate surface area is 182 Å². The van der Waals surface area contributed by atoms with E-state index in [0.29, 0.717) is 36.0 Å². The van der Waals surface area contributed by atoms with Crippen molar-refractivity contribution in [2.24, 2.45) is 0 Å². The normalized spacial score (nSPS) is 16.0. The summed E-state index contributed by atoms with van der Waals surface area (Å²) in [6, 6.07) is 8.02. The van der Waals surface area contributed by atoms with Crippen LogP contribution in [0.1, 0.15) is 19.5 Å². The number of ether oxygens (including phenoxy) is 1. The molecule has 1 aliphatic rings. The predicted molar refractivity (Wildman–Crippen MR) is 117 cm³/mol. The van der Waals surface area contributed by atoms with Crippen LogP contribution in [0.5, 0.6) is 0 Å². The zero-order chi connectivity index (χ0) is 22.2. The average molecular weight is 452 g/mol. The van der Waals surface area contributed by atoms with E-state index in [2.05, 4.69) is 20.2 Å². The summed E-state index contributed by atoms with van der Waals surface area (Å²) in [6.07, 6.45) is -4.53. The largest absolute Gasteiger partial charge is 0.433 e. The number of nitrogens with one attached hydrogen (secondary N) is 1. The van der Waals surface area contributed by atoms with Crippen molar-refractivity contribution in [1.82, 2.24) is 14.9 Å². The zero-order valence-corrected chi connectivity index (χ0v) is 18.1. The number of thiazole rings is 1. The zero-order valence-electron chi connectivity index (χ0n) is 17.3. The first-order valence-electron chi connectivity index (χ1n) is 9.94. The van der Waals surface area contributed by atoms with Crippen molar-refractivity contribution < 1.29 is 17.9 Å². The number of pyridine rings is 1.